The second-order valence-electron chi connectivity index (χ2n) is 7.52. The third-order valence-electron chi connectivity index (χ3n) is 5.63. The maximum atomic E-state index is 13.0. The van der Waals surface area contributed by atoms with E-state index in [0.717, 1.165) is 34.3 Å². The standard InChI is InChI=1S/C24H20ClN3O2/c25-17-6-5-7-18(15-17)28-23(29)21(26-24(28)30)14-16-10-11-22(27-12-3-4-13-27)20-9-2-1-8-19(16)20/h1-2,5-11,14-15H,3-4,12-13H2,(H,26,30)/b21-14+. The van der Waals surface area contributed by atoms with Gasteiger partial charge in [0.05, 0.1) is 5.69 Å². The maximum absolute atomic E-state index is 13.0. The van der Waals surface area contributed by atoms with Crippen LogP contribution in [0.15, 0.2) is 66.4 Å². The fourth-order valence-corrected chi connectivity index (χ4v) is 4.39. The van der Waals surface area contributed by atoms with Crippen LogP contribution in [0.1, 0.15) is 18.4 Å². The highest BCUT2D eigenvalue weighted by molar-refractivity contribution is 6.32. The Morgan fingerprint density at radius 2 is 1.67 bits per heavy atom. The fourth-order valence-electron chi connectivity index (χ4n) is 4.21. The number of amides is 3. The number of nitrogens with zero attached hydrogens (tertiary/aromatic N) is 2. The van der Waals surface area contributed by atoms with Gasteiger partial charge in [-0.2, -0.15) is 0 Å². The molecule has 0 saturated carbocycles. The number of fused-ring (bicyclic) bond motifs is 1. The summed E-state index contributed by atoms with van der Waals surface area (Å²) in [4.78, 5) is 29.0. The fraction of sp³-hybridized carbons (Fsp3) is 0.167. The Bertz CT molecular complexity index is 1200. The highest BCUT2D eigenvalue weighted by Crippen LogP contribution is 2.33. The van der Waals surface area contributed by atoms with Gasteiger partial charge >= 0.3 is 6.03 Å². The van der Waals surface area contributed by atoms with Crippen LogP contribution in [0, 0.1) is 0 Å². The van der Waals surface area contributed by atoms with Crippen molar-refractivity contribution in [2.75, 3.05) is 22.9 Å². The molecule has 5 nitrogen and oxygen atoms in total. The molecule has 0 bridgehead atoms. The Morgan fingerprint density at radius 3 is 2.43 bits per heavy atom. The van der Waals surface area contributed by atoms with E-state index >= 15 is 0 Å². The van der Waals surface area contributed by atoms with E-state index in [1.54, 1.807) is 30.3 Å². The lowest BCUT2D eigenvalue weighted by molar-refractivity contribution is -0.113. The van der Waals surface area contributed by atoms with E-state index in [-0.39, 0.29) is 5.70 Å². The first-order valence-corrected chi connectivity index (χ1v) is 10.4. The molecule has 0 unspecified atom stereocenters. The van der Waals surface area contributed by atoms with Crippen molar-refractivity contribution in [1.82, 2.24) is 5.32 Å². The van der Waals surface area contributed by atoms with Crippen LogP contribution in [0.3, 0.4) is 0 Å². The second-order valence-corrected chi connectivity index (χ2v) is 7.96. The van der Waals surface area contributed by atoms with Gasteiger partial charge in [-0.25, -0.2) is 9.69 Å². The lowest BCUT2D eigenvalue weighted by Gasteiger charge is -2.20. The first kappa shape index (κ1) is 18.7. The zero-order valence-corrected chi connectivity index (χ0v) is 17.0. The van der Waals surface area contributed by atoms with E-state index in [0.29, 0.717) is 10.7 Å². The van der Waals surface area contributed by atoms with Crippen LogP contribution in [-0.2, 0) is 4.79 Å². The van der Waals surface area contributed by atoms with Gasteiger partial charge in [-0.15, -0.1) is 0 Å². The molecule has 3 amide bonds. The summed E-state index contributed by atoms with van der Waals surface area (Å²) in [5.74, 6) is -0.394. The molecule has 0 aliphatic carbocycles. The quantitative estimate of drug-likeness (QED) is 0.471. The molecule has 150 valence electrons. The van der Waals surface area contributed by atoms with Crippen molar-refractivity contribution >= 4 is 51.8 Å². The SMILES string of the molecule is O=C1N/C(=C/c2ccc(N3CCCC3)c3ccccc23)C(=O)N1c1cccc(Cl)c1. The van der Waals surface area contributed by atoms with Gasteiger partial charge in [-0.3, -0.25) is 4.79 Å². The van der Waals surface area contributed by atoms with Crippen molar-refractivity contribution in [3.63, 3.8) is 0 Å². The number of hydrogen-bond donors (Lipinski definition) is 1. The van der Waals surface area contributed by atoms with Crippen molar-refractivity contribution in [1.29, 1.82) is 0 Å². The minimum Gasteiger partial charge on any atom is -0.371 e. The van der Waals surface area contributed by atoms with Crippen LogP contribution < -0.4 is 15.1 Å². The predicted molar refractivity (Wildman–Crippen MR) is 121 cm³/mol. The molecule has 2 aliphatic heterocycles. The smallest absolute Gasteiger partial charge is 0.333 e. The lowest BCUT2D eigenvalue weighted by atomic mass is 10.0. The number of hydrogen-bond acceptors (Lipinski definition) is 3. The Hall–Kier alpha value is -3.31. The Balaban J connectivity index is 1.54. The van der Waals surface area contributed by atoms with Crippen molar-refractivity contribution in [2.24, 2.45) is 0 Å². The molecule has 2 aliphatic rings. The zero-order chi connectivity index (χ0) is 20.7. The largest absolute Gasteiger partial charge is 0.371 e. The van der Waals surface area contributed by atoms with Crippen LogP contribution in [0.4, 0.5) is 16.2 Å². The Labute approximate surface area is 179 Å². The molecule has 0 spiro atoms. The van der Waals surface area contributed by atoms with Gasteiger partial charge in [0.2, 0.25) is 0 Å². The van der Waals surface area contributed by atoms with E-state index < -0.39 is 11.9 Å². The summed E-state index contributed by atoms with van der Waals surface area (Å²) in [5.41, 5.74) is 2.81. The number of imide groups is 1. The summed E-state index contributed by atoms with van der Waals surface area (Å²) in [5, 5.41) is 5.37. The van der Waals surface area contributed by atoms with Gasteiger partial charge in [0.25, 0.3) is 5.91 Å². The van der Waals surface area contributed by atoms with E-state index in [1.807, 2.05) is 18.2 Å². The van der Waals surface area contributed by atoms with Crippen molar-refractivity contribution in [3.8, 4) is 0 Å². The van der Waals surface area contributed by atoms with Gasteiger partial charge in [0.15, 0.2) is 0 Å². The van der Waals surface area contributed by atoms with Gasteiger partial charge < -0.3 is 10.2 Å². The van der Waals surface area contributed by atoms with Gasteiger partial charge in [0, 0.05) is 29.2 Å². The second kappa shape index (κ2) is 7.50. The molecular formula is C24H20ClN3O2. The molecule has 3 aromatic rings. The summed E-state index contributed by atoms with van der Waals surface area (Å²) in [7, 11) is 0. The highest BCUT2D eigenvalue weighted by Gasteiger charge is 2.35. The number of rotatable bonds is 3. The molecule has 3 aromatic carbocycles. The van der Waals surface area contributed by atoms with Crippen LogP contribution in [0.25, 0.3) is 16.8 Å². The first-order valence-electron chi connectivity index (χ1n) is 10.0. The molecule has 6 heteroatoms. The maximum Gasteiger partial charge on any atom is 0.333 e. The Morgan fingerprint density at radius 1 is 0.900 bits per heavy atom. The summed E-state index contributed by atoms with van der Waals surface area (Å²) < 4.78 is 0. The van der Waals surface area contributed by atoms with E-state index in [9.17, 15) is 9.59 Å². The third-order valence-corrected chi connectivity index (χ3v) is 5.86. The molecule has 2 fully saturated rings. The van der Waals surface area contributed by atoms with Crippen LogP contribution >= 0.6 is 11.6 Å². The molecule has 2 heterocycles. The van der Waals surface area contributed by atoms with Crippen LogP contribution in [0.5, 0.6) is 0 Å². The number of carbonyl (C=O) groups is 2. The van der Waals surface area contributed by atoms with E-state index in [4.69, 9.17) is 11.6 Å². The monoisotopic (exact) mass is 417 g/mol. The molecule has 1 N–H and O–H groups in total. The van der Waals surface area contributed by atoms with Gasteiger partial charge in [0.1, 0.15) is 5.70 Å². The molecule has 5 rings (SSSR count). The molecule has 0 atom stereocenters. The third kappa shape index (κ3) is 3.21. The van der Waals surface area contributed by atoms with Gasteiger partial charge in [-0.05, 0) is 54.1 Å². The predicted octanol–water partition coefficient (Wildman–Crippen LogP) is 5.19. The number of urea groups is 1. The van der Waals surface area contributed by atoms with Crippen LogP contribution in [0.2, 0.25) is 5.02 Å². The number of nitrogens with one attached hydrogen (secondary N) is 1. The normalized spacial score (nSPS) is 18.0. The molecule has 2 saturated heterocycles. The topological polar surface area (TPSA) is 52.7 Å². The summed E-state index contributed by atoms with van der Waals surface area (Å²) in [6.07, 6.45) is 4.17. The molecule has 30 heavy (non-hydrogen) atoms. The van der Waals surface area contributed by atoms with E-state index in [1.165, 1.54) is 18.5 Å². The average Bonchev–Trinajstić information content (AvgIpc) is 3.37. The number of carbonyl (C=O) groups excluding carboxylic acids is 2. The minimum atomic E-state index is -0.480. The van der Waals surface area contributed by atoms with Crippen molar-refractivity contribution < 1.29 is 9.59 Å². The number of anilines is 2. The van der Waals surface area contributed by atoms with Gasteiger partial charge in [-0.1, -0.05) is 48.0 Å². The Kier molecular flexibility index (Phi) is 4.68. The summed E-state index contributed by atoms with van der Waals surface area (Å²) in [6, 6.07) is 18.5. The lowest BCUT2D eigenvalue weighted by Crippen LogP contribution is -2.30. The first-order chi connectivity index (χ1) is 14.6. The molecule has 0 aromatic heterocycles. The van der Waals surface area contributed by atoms with Crippen molar-refractivity contribution in [2.45, 2.75) is 12.8 Å². The molecule has 0 radical (unpaired) electrons. The van der Waals surface area contributed by atoms with E-state index in [2.05, 4.69) is 28.4 Å². The highest BCUT2D eigenvalue weighted by atomic mass is 35.5. The zero-order valence-electron chi connectivity index (χ0n) is 16.3. The average molecular weight is 418 g/mol. The number of benzene rings is 3. The summed E-state index contributed by atoms with van der Waals surface area (Å²) >= 11 is 6.03. The van der Waals surface area contributed by atoms with Crippen molar-refractivity contribution in [3.05, 3.63) is 76.9 Å². The summed E-state index contributed by atoms with van der Waals surface area (Å²) in [6.45, 7) is 2.13. The van der Waals surface area contributed by atoms with Crippen LogP contribution in [-0.4, -0.2) is 25.0 Å². The molecular weight excluding hydrogens is 398 g/mol. The number of halogens is 1. The minimum absolute atomic E-state index is 0.249.